The molecule has 0 bridgehead atoms. The maximum absolute atomic E-state index is 12.9. The van der Waals surface area contributed by atoms with Crippen LogP contribution in [-0.4, -0.2) is 26.1 Å². The van der Waals surface area contributed by atoms with Crippen molar-refractivity contribution in [1.82, 2.24) is 19.5 Å². The van der Waals surface area contributed by atoms with Gasteiger partial charge in [-0.1, -0.05) is 24.3 Å². The summed E-state index contributed by atoms with van der Waals surface area (Å²) in [5, 5.41) is 8.76. The lowest BCUT2D eigenvalue weighted by atomic mass is 10.2. The second kappa shape index (κ2) is 9.37. The van der Waals surface area contributed by atoms with E-state index in [1.807, 2.05) is 60.3 Å². The van der Waals surface area contributed by atoms with Crippen molar-refractivity contribution in [2.24, 2.45) is 0 Å². The Bertz CT molecular complexity index is 1300. The predicted octanol–water partition coefficient (Wildman–Crippen LogP) is 4.18. The molecular formula is C23H26N6O2S. The van der Waals surface area contributed by atoms with Crippen molar-refractivity contribution in [1.29, 1.82) is 4.78 Å². The molecule has 32 heavy (non-hydrogen) atoms. The van der Waals surface area contributed by atoms with Crippen LogP contribution in [0.25, 0.3) is 11.0 Å². The van der Waals surface area contributed by atoms with Gasteiger partial charge < -0.3 is 10.1 Å². The van der Waals surface area contributed by atoms with Crippen LogP contribution in [0, 0.1) is 4.78 Å². The van der Waals surface area contributed by atoms with Gasteiger partial charge in [0, 0.05) is 31.5 Å². The number of anilines is 1. The van der Waals surface area contributed by atoms with Gasteiger partial charge in [-0.25, -0.2) is 23.4 Å². The van der Waals surface area contributed by atoms with Crippen molar-refractivity contribution in [3.63, 3.8) is 0 Å². The summed E-state index contributed by atoms with van der Waals surface area (Å²) in [6, 6.07) is 16.6. The van der Waals surface area contributed by atoms with Crippen molar-refractivity contribution < 1.29 is 8.95 Å². The Balaban J connectivity index is 1.39. The molecule has 0 aliphatic carbocycles. The normalized spacial score (nSPS) is 13.1. The van der Waals surface area contributed by atoms with E-state index < -0.39 is 9.92 Å². The molecular weight excluding hydrogens is 424 g/mol. The molecule has 4 rings (SSSR count). The van der Waals surface area contributed by atoms with E-state index in [9.17, 15) is 4.21 Å². The van der Waals surface area contributed by atoms with Gasteiger partial charge in [0.05, 0.1) is 23.6 Å². The highest BCUT2D eigenvalue weighted by Gasteiger charge is 2.11. The first-order valence-corrected chi connectivity index (χ1v) is 11.9. The largest absolute Gasteiger partial charge is 0.497 e. The van der Waals surface area contributed by atoms with Gasteiger partial charge in [-0.2, -0.15) is 5.10 Å². The molecule has 0 fully saturated rings. The van der Waals surface area contributed by atoms with Crippen LogP contribution in [0.4, 0.5) is 5.69 Å². The Labute approximate surface area is 187 Å². The number of aromatic nitrogens is 3. The zero-order valence-electron chi connectivity index (χ0n) is 18.0. The van der Waals surface area contributed by atoms with E-state index in [2.05, 4.69) is 20.1 Å². The summed E-state index contributed by atoms with van der Waals surface area (Å²) in [4.78, 5) is 4.86. The number of pyridine rings is 1. The van der Waals surface area contributed by atoms with Gasteiger partial charge in [0.2, 0.25) is 0 Å². The maximum Gasteiger partial charge on any atom is 0.159 e. The van der Waals surface area contributed by atoms with Gasteiger partial charge in [0.25, 0.3) is 0 Å². The van der Waals surface area contributed by atoms with Gasteiger partial charge in [0.15, 0.2) is 5.65 Å². The van der Waals surface area contributed by atoms with Crippen LogP contribution in [-0.2, 0) is 29.5 Å². The Hall–Kier alpha value is -3.43. The molecule has 0 saturated heterocycles. The van der Waals surface area contributed by atoms with Gasteiger partial charge in [-0.15, -0.1) is 0 Å². The summed E-state index contributed by atoms with van der Waals surface area (Å²) in [6.07, 6.45) is 3.59. The lowest BCUT2D eigenvalue weighted by Gasteiger charge is -2.12. The standard InChI is InChI=1S/C23H26N6O2S/c1-3-29-23-21(16-27-29)22(12-13-25-23)26-14-17-6-10-20(11-7-17)32(24,30)28-15-18-4-8-19(31-2)9-5-18/h4-13,16H,3,14-15H2,1-2H3,(H,25,26)(H2,24,28,30). The second-order valence-corrected chi connectivity index (χ2v) is 9.15. The summed E-state index contributed by atoms with van der Waals surface area (Å²) < 4.78 is 31.0. The van der Waals surface area contributed by atoms with Crippen molar-refractivity contribution in [3.05, 3.63) is 78.1 Å². The van der Waals surface area contributed by atoms with Crippen LogP contribution in [0.1, 0.15) is 18.1 Å². The SMILES string of the molecule is CCn1ncc2c(NCc3ccc(S(=N)(=O)NCc4ccc(OC)cc4)cc3)ccnc21. The molecule has 0 aliphatic heterocycles. The highest BCUT2D eigenvalue weighted by atomic mass is 32.2. The molecule has 3 N–H and O–H groups in total. The fourth-order valence-electron chi connectivity index (χ4n) is 3.37. The minimum absolute atomic E-state index is 0.332. The Morgan fingerprint density at radius 1 is 1.03 bits per heavy atom. The van der Waals surface area contributed by atoms with Crippen molar-refractivity contribution in [2.75, 3.05) is 12.4 Å². The smallest absolute Gasteiger partial charge is 0.159 e. The third-order valence-corrected chi connectivity index (χ3v) is 6.70. The van der Waals surface area contributed by atoms with E-state index in [1.165, 1.54) is 0 Å². The fourth-order valence-corrected chi connectivity index (χ4v) is 4.43. The predicted molar refractivity (Wildman–Crippen MR) is 126 cm³/mol. The van der Waals surface area contributed by atoms with Crippen LogP contribution < -0.4 is 14.8 Å². The van der Waals surface area contributed by atoms with Gasteiger partial charge in [0.1, 0.15) is 15.7 Å². The topological polar surface area (TPSA) is 105 Å². The summed E-state index contributed by atoms with van der Waals surface area (Å²) >= 11 is 0. The number of aryl methyl sites for hydroxylation is 1. The molecule has 1 atom stereocenters. The minimum atomic E-state index is -3.11. The number of benzene rings is 2. The van der Waals surface area contributed by atoms with Crippen LogP contribution in [0.5, 0.6) is 5.75 Å². The van der Waals surface area contributed by atoms with Gasteiger partial charge >= 0.3 is 0 Å². The van der Waals surface area contributed by atoms with E-state index >= 15 is 0 Å². The first-order valence-electron chi connectivity index (χ1n) is 10.3. The Morgan fingerprint density at radius 3 is 2.41 bits per heavy atom. The summed E-state index contributed by atoms with van der Waals surface area (Å²) in [5.41, 5.74) is 3.77. The number of nitrogens with one attached hydrogen (secondary N) is 3. The van der Waals surface area contributed by atoms with E-state index in [0.717, 1.165) is 40.1 Å². The highest BCUT2D eigenvalue weighted by Crippen LogP contribution is 2.22. The van der Waals surface area contributed by atoms with E-state index in [0.29, 0.717) is 18.0 Å². The molecule has 0 spiro atoms. The number of ether oxygens (including phenoxy) is 1. The Kier molecular flexibility index (Phi) is 6.38. The summed E-state index contributed by atoms with van der Waals surface area (Å²) in [6.45, 7) is 3.72. The number of rotatable bonds is 9. The molecule has 2 aromatic heterocycles. The van der Waals surface area contributed by atoms with Gasteiger partial charge in [-0.3, -0.25) is 0 Å². The zero-order chi connectivity index (χ0) is 22.6. The molecule has 0 amide bonds. The molecule has 0 radical (unpaired) electrons. The first kappa shape index (κ1) is 21.8. The summed E-state index contributed by atoms with van der Waals surface area (Å²) in [7, 11) is -1.50. The van der Waals surface area contributed by atoms with Crippen molar-refractivity contribution in [2.45, 2.75) is 31.5 Å². The summed E-state index contributed by atoms with van der Waals surface area (Å²) in [5.74, 6) is 0.760. The number of fused-ring (bicyclic) bond motifs is 1. The molecule has 4 aromatic rings. The quantitative estimate of drug-likeness (QED) is 0.355. The van der Waals surface area contributed by atoms with Crippen molar-refractivity contribution >= 4 is 26.6 Å². The van der Waals surface area contributed by atoms with E-state index in [-0.39, 0.29) is 0 Å². The van der Waals surface area contributed by atoms with Crippen LogP contribution >= 0.6 is 0 Å². The van der Waals surface area contributed by atoms with E-state index in [4.69, 9.17) is 9.52 Å². The van der Waals surface area contributed by atoms with Crippen LogP contribution in [0.2, 0.25) is 0 Å². The number of methoxy groups -OCH3 is 1. The minimum Gasteiger partial charge on any atom is -0.497 e. The number of nitrogens with zero attached hydrogens (tertiary/aromatic N) is 3. The first-order chi connectivity index (χ1) is 15.5. The molecule has 2 heterocycles. The number of hydrogen-bond donors (Lipinski definition) is 3. The second-order valence-electron chi connectivity index (χ2n) is 7.28. The monoisotopic (exact) mass is 450 g/mol. The van der Waals surface area contributed by atoms with Crippen LogP contribution in [0.15, 0.2) is 71.9 Å². The molecule has 8 nitrogen and oxygen atoms in total. The zero-order valence-corrected chi connectivity index (χ0v) is 18.9. The maximum atomic E-state index is 12.9. The molecule has 0 saturated carbocycles. The average molecular weight is 451 g/mol. The lowest BCUT2D eigenvalue weighted by molar-refractivity contribution is 0.414. The molecule has 9 heteroatoms. The molecule has 166 valence electrons. The average Bonchev–Trinajstić information content (AvgIpc) is 3.26. The third-order valence-electron chi connectivity index (χ3n) is 5.22. The lowest BCUT2D eigenvalue weighted by Crippen LogP contribution is -2.22. The third kappa shape index (κ3) is 4.74. The molecule has 2 aromatic carbocycles. The highest BCUT2D eigenvalue weighted by molar-refractivity contribution is 7.90. The number of hydrogen-bond acceptors (Lipinski definition) is 6. The molecule has 1 unspecified atom stereocenters. The van der Waals surface area contributed by atoms with E-state index in [1.54, 1.807) is 25.4 Å². The van der Waals surface area contributed by atoms with Gasteiger partial charge in [-0.05, 0) is 48.4 Å². The van der Waals surface area contributed by atoms with Crippen LogP contribution in [0.3, 0.4) is 0 Å². The molecule has 0 aliphatic rings. The Morgan fingerprint density at radius 2 is 1.72 bits per heavy atom. The van der Waals surface area contributed by atoms with Crippen molar-refractivity contribution in [3.8, 4) is 5.75 Å². The fraction of sp³-hybridized carbons (Fsp3) is 0.217.